The first-order valence-electron chi connectivity index (χ1n) is 9.15. The van der Waals surface area contributed by atoms with Crippen LogP contribution in [0.15, 0.2) is 54.9 Å². The maximum absolute atomic E-state index is 12.5. The Labute approximate surface area is 153 Å². The number of hydrogen-bond acceptors (Lipinski definition) is 3. The Kier molecular flexibility index (Phi) is 4.45. The first-order valence-corrected chi connectivity index (χ1v) is 9.15. The number of benzene rings is 1. The molecule has 2 unspecified atom stereocenters. The summed E-state index contributed by atoms with van der Waals surface area (Å²) in [5, 5.41) is 3.01. The van der Waals surface area contributed by atoms with Crippen LogP contribution >= 0.6 is 0 Å². The lowest BCUT2D eigenvalue weighted by Gasteiger charge is -2.17. The van der Waals surface area contributed by atoms with E-state index in [0.29, 0.717) is 19.5 Å². The molecule has 1 aliphatic carbocycles. The molecule has 1 spiro atoms. The molecule has 2 fully saturated rings. The molecule has 4 rings (SSSR count). The van der Waals surface area contributed by atoms with Crippen molar-refractivity contribution < 1.29 is 9.59 Å². The molecule has 1 aromatic heterocycles. The number of nitrogens with zero attached hydrogens (tertiary/aromatic N) is 2. The highest BCUT2D eigenvalue weighted by Crippen LogP contribution is 2.58. The zero-order chi connectivity index (χ0) is 18.0. The van der Waals surface area contributed by atoms with Crippen molar-refractivity contribution in [1.29, 1.82) is 0 Å². The summed E-state index contributed by atoms with van der Waals surface area (Å²) in [7, 11) is 0. The van der Waals surface area contributed by atoms with Gasteiger partial charge < -0.3 is 10.2 Å². The summed E-state index contributed by atoms with van der Waals surface area (Å²) in [6.45, 7) is 1.98. The number of carbonyl (C=O) groups excluding carboxylic acids is 2. The molecule has 2 aliphatic rings. The number of pyridine rings is 1. The molecular weight excluding hydrogens is 326 g/mol. The molecule has 1 N–H and O–H groups in total. The van der Waals surface area contributed by atoms with Crippen molar-refractivity contribution in [2.24, 2.45) is 11.3 Å². The van der Waals surface area contributed by atoms with Crippen molar-refractivity contribution in [3.8, 4) is 0 Å². The van der Waals surface area contributed by atoms with Crippen LogP contribution in [-0.4, -0.2) is 34.8 Å². The van der Waals surface area contributed by atoms with Gasteiger partial charge in [0.2, 0.25) is 11.8 Å². The van der Waals surface area contributed by atoms with E-state index in [0.717, 1.165) is 30.5 Å². The minimum absolute atomic E-state index is 0.00533. The molecule has 1 saturated heterocycles. The molecule has 5 nitrogen and oxygen atoms in total. The Hall–Kier alpha value is -2.69. The molecule has 2 amide bonds. The SMILES string of the molecule is O=C(NCc1cccnc1)C1CC12CCN(C(=O)Cc1ccccc1)C2. The number of rotatable bonds is 5. The number of carbonyl (C=O) groups is 2. The molecule has 5 heteroatoms. The maximum Gasteiger partial charge on any atom is 0.227 e. The third kappa shape index (κ3) is 3.47. The fraction of sp³-hybridized carbons (Fsp3) is 0.381. The van der Waals surface area contributed by atoms with E-state index in [1.54, 1.807) is 12.4 Å². The fourth-order valence-electron chi connectivity index (χ4n) is 3.98. The van der Waals surface area contributed by atoms with E-state index in [4.69, 9.17) is 0 Å². The van der Waals surface area contributed by atoms with Crippen LogP contribution < -0.4 is 5.32 Å². The molecule has 1 aromatic carbocycles. The number of amides is 2. The Bertz CT molecular complexity index is 793. The molecule has 2 aromatic rings. The van der Waals surface area contributed by atoms with Crippen LogP contribution in [0, 0.1) is 11.3 Å². The van der Waals surface area contributed by atoms with Crippen LogP contribution in [0.4, 0.5) is 0 Å². The third-order valence-corrected chi connectivity index (χ3v) is 5.63. The van der Waals surface area contributed by atoms with E-state index in [-0.39, 0.29) is 23.1 Å². The van der Waals surface area contributed by atoms with Crippen molar-refractivity contribution >= 4 is 11.8 Å². The number of nitrogens with one attached hydrogen (secondary N) is 1. The molecule has 26 heavy (non-hydrogen) atoms. The van der Waals surface area contributed by atoms with Gasteiger partial charge in [-0.1, -0.05) is 36.4 Å². The van der Waals surface area contributed by atoms with E-state index in [1.807, 2.05) is 47.4 Å². The van der Waals surface area contributed by atoms with Crippen LogP contribution in [0.25, 0.3) is 0 Å². The molecule has 0 bridgehead atoms. The lowest BCUT2D eigenvalue weighted by molar-refractivity contribution is -0.130. The van der Waals surface area contributed by atoms with Gasteiger partial charge >= 0.3 is 0 Å². The minimum atomic E-state index is 0.00533. The van der Waals surface area contributed by atoms with Gasteiger partial charge in [0.25, 0.3) is 0 Å². The highest BCUT2D eigenvalue weighted by atomic mass is 16.2. The van der Waals surface area contributed by atoms with Gasteiger partial charge in [-0.05, 0) is 30.0 Å². The second-order valence-electron chi connectivity index (χ2n) is 7.43. The standard InChI is InChI=1S/C21H23N3O2/c25-19(11-16-5-2-1-3-6-16)24-10-8-21(15-24)12-18(21)20(26)23-14-17-7-4-9-22-13-17/h1-7,9,13,18H,8,10-12,14-15H2,(H,23,26). The van der Waals surface area contributed by atoms with Gasteiger partial charge in [-0.2, -0.15) is 0 Å². The largest absolute Gasteiger partial charge is 0.352 e. The molecule has 2 atom stereocenters. The van der Waals surface area contributed by atoms with E-state index < -0.39 is 0 Å². The van der Waals surface area contributed by atoms with Crippen LogP contribution in [0.2, 0.25) is 0 Å². The minimum Gasteiger partial charge on any atom is -0.352 e. The van der Waals surface area contributed by atoms with Crippen molar-refractivity contribution in [3.63, 3.8) is 0 Å². The van der Waals surface area contributed by atoms with Crippen LogP contribution in [0.1, 0.15) is 24.0 Å². The Morgan fingerprint density at radius 3 is 2.73 bits per heavy atom. The van der Waals surface area contributed by atoms with Crippen LogP contribution in [0.3, 0.4) is 0 Å². The van der Waals surface area contributed by atoms with Crippen LogP contribution in [0.5, 0.6) is 0 Å². The summed E-state index contributed by atoms with van der Waals surface area (Å²) in [4.78, 5) is 31.0. The highest BCUT2D eigenvalue weighted by Gasteiger charge is 2.61. The van der Waals surface area contributed by atoms with Gasteiger partial charge in [0.15, 0.2) is 0 Å². The van der Waals surface area contributed by atoms with Gasteiger partial charge in [-0.15, -0.1) is 0 Å². The lowest BCUT2D eigenvalue weighted by atomic mass is 10.0. The average Bonchev–Trinajstić information content (AvgIpc) is 3.21. The summed E-state index contributed by atoms with van der Waals surface area (Å²) in [6, 6.07) is 13.7. The van der Waals surface area contributed by atoms with E-state index in [9.17, 15) is 9.59 Å². The molecule has 0 radical (unpaired) electrons. The monoisotopic (exact) mass is 349 g/mol. The summed E-state index contributed by atoms with van der Waals surface area (Å²) < 4.78 is 0. The zero-order valence-electron chi connectivity index (χ0n) is 14.7. The number of aromatic nitrogens is 1. The van der Waals surface area contributed by atoms with E-state index in [2.05, 4.69) is 10.3 Å². The third-order valence-electron chi connectivity index (χ3n) is 5.63. The summed E-state index contributed by atoms with van der Waals surface area (Å²) in [5.41, 5.74) is 2.05. The predicted octanol–water partition coefficient (Wildman–Crippen LogP) is 2.18. The smallest absolute Gasteiger partial charge is 0.227 e. The Balaban J connectivity index is 1.28. The highest BCUT2D eigenvalue weighted by molar-refractivity contribution is 5.84. The van der Waals surface area contributed by atoms with Crippen LogP contribution in [-0.2, 0) is 22.6 Å². The van der Waals surface area contributed by atoms with Gasteiger partial charge in [-0.25, -0.2) is 0 Å². The fourth-order valence-corrected chi connectivity index (χ4v) is 3.98. The zero-order valence-corrected chi connectivity index (χ0v) is 14.7. The predicted molar refractivity (Wildman–Crippen MR) is 98.0 cm³/mol. The summed E-state index contributed by atoms with van der Waals surface area (Å²) >= 11 is 0. The molecule has 2 heterocycles. The first-order chi connectivity index (χ1) is 12.7. The Morgan fingerprint density at radius 2 is 1.96 bits per heavy atom. The lowest BCUT2D eigenvalue weighted by Crippen LogP contribution is -2.32. The molecular formula is C21H23N3O2. The normalized spacial score (nSPS) is 23.8. The van der Waals surface area contributed by atoms with Crippen molar-refractivity contribution in [2.75, 3.05) is 13.1 Å². The second-order valence-corrected chi connectivity index (χ2v) is 7.43. The number of hydrogen-bond donors (Lipinski definition) is 1. The maximum atomic E-state index is 12.5. The molecule has 1 saturated carbocycles. The van der Waals surface area contributed by atoms with Gasteiger partial charge in [0.1, 0.15) is 0 Å². The average molecular weight is 349 g/mol. The van der Waals surface area contributed by atoms with Gasteiger partial charge in [0.05, 0.1) is 6.42 Å². The van der Waals surface area contributed by atoms with Gasteiger partial charge in [-0.3, -0.25) is 14.6 Å². The van der Waals surface area contributed by atoms with Gasteiger partial charge in [0, 0.05) is 43.4 Å². The molecule has 134 valence electrons. The second kappa shape index (κ2) is 6.90. The summed E-state index contributed by atoms with van der Waals surface area (Å²) in [5.74, 6) is 0.300. The topological polar surface area (TPSA) is 62.3 Å². The quantitative estimate of drug-likeness (QED) is 0.900. The van der Waals surface area contributed by atoms with Crippen molar-refractivity contribution in [2.45, 2.75) is 25.8 Å². The molecule has 1 aliphatic heterocycles. The Morgan fingerprint density at radius 1 is 1.15 bits per heavy atom. The van der Waals surface area contributed by atoms with E-state index in [1.165, 1.54) is 0 Å². The first kappa shape index (κ1) is 16.8. The van der Waals surface area contributed by atoms with Crippen molar-refractivity contribution in [1.82, 2.24) is 15.2 Å². The van der Waals surface area contributed by atoms with E-state index >= 15 is 0 Å². The van der Waals surface area contributed by atoms with Crippen molar-refractivity contribution in [3.05, 3.63) is 66.0 Å². The number of likely N-dealkylation sites (tertiary alicyclic amines) is 1. The summed E-state index contributed by atoms with van der Waals surface area (Å²) in [6.07, 6.45) is 5.75.